The van der Waals surface area contributed by atoms with Gasteiger partial charge < -0.3 is 5.32 Å². The molecular formula is C15H16Cl2N4O3. The number of rotatable bonds is 6. The molecular weight excluding hydrogens is 355 g/mol. The van der Waals surface area contributed by atoms with Crippen molar-refractivity contribution in [3.63, 3.8) is 0 Å². The first-order chi connectivity index (χ1) is 11.3. The summed E-state index contributed by atoms with van der Waals surface area (Å²) < 4.78 is 1.33. The van der Waals surface area contributed by atoms with Crippen LogP contribution in [0.25, 0.3) is 0 Å². The first-order valence-corrected chi connectivity index (χ1v) is 7.94. The Morgan fingerprint density at radius 3 is 2.67 bits per heavy atom. The number of nitrogens with zero attached hydrogens (tertiary/aromatic N) is 3. The highest BCUT2D eigenvalue weighted by Gasteiger charge is 2.22. The second-order valence-corrected chi connectivity index (χ2v) is 6.11. The van der Waals surface area contributed by atoms with E-state index >= 15 is 0 Å². The number of aryl methyl sites for hydroxylation is 1. The van der Waals surface area contributed by atoms with Crippen molar-refractivity contribution in [1.82, 2.24) is 15.1 Å². The van der Waals surface area contributed by atoms with Gasteiger partial charge in [-0.3, -0.25) is 19.6 Å². The molecule has 1 N–H and O–H groups in total. The Kier molecular flexibility index (Phi) is 5.80. The van der Waals surface area contributed by atoms with Gasteiger partial charge in [0.2, 0.25) is 5.91 Å². The fourth-order valence-electron chi connectivity index (χ4n) is 2.36. The second-order valence-electron chi connectivity index (χ2n) is 5.27. The number of amides is 1. The maximum atomic E-state index is 12.0. The van der Waals surface area contributed by atoms with Crippen LogP contribution in [0.4, 0.5) is 5.69 Å². The van der Waals surface area contributed by atoms with Crippen LogP contribution in [-0.2, 0) is 17.8 Å². The summed E-state index contributed by atoms with van der Waals surface area (Å²) in [5.74, 6) is -0.277. The number of nitro groups is 1. The highest BCUT2D eigenvalue weighted by Crippen LogP contribution is 2.22. The fourth-order valence-corrected chi connectivity index (χ4v) is 2.86. The molecule has 0 radical (unpaired) electrons. The Bertz CT molecular complexity index is 789. The van der Waals surface area contributed by atoms with Crippen LogP contribution in [0.15, 0.2) is 18.2 Å². The van der Waals surface area contributed by atoms with Crippen molar-refractivity contribution in [2.45, 2.75) is 26.8 Å². The van der Waals surface area contributed by atoms with Gasteiger partial charge in [0.1, 0.15) is 17.9 Å². The van der Waals surface area contributed by atoms with E-state index in [0.717, 1.165) is 5.56 Å². The van der Waals surface area contributed by atoms with E-state index in [0.29, 0.717) is 34.4 Å². The van der Waals surface area contributed by atoms with Crippen molar-refractivity contribution in [1.29, 1.82) is 0 Å². The SMILES string of the molecule is Cc1nn(CC(=O)NCCc2ccc(Cl)cc2Cl)c(C)c1[N+](=O)[O-]. The highest BCUT2D eigenvalue weighted by atomic mass is 35.5. The van der Waals surface area contributed by atoms with Gasteiger partial charge in [-0.15, -0.1) is 0 Å². The quantitative estimate of drug-likeness (QED) is 0.624. The third-order valence-electron chi connectivity index (χ3n) is 3.55. The molecule has 2 rings (SSSR count). The van der Waals surface area contributed by atoms with E-state index in [-0.39, 0.29) is 18.1 Å². The number of halogens is 2. The van der Waals surface area contributed by atoms with Gasteiger partial charge >= 0.3 is 5.69 Å². The number of hydrogen-bond acceptors (Lipinski definition) is 4. The normalized spacial score (nSPS) is 10.7. The Morgan fingerprint density at radius 2 is 2.08 bits per heavy atom. The lowest BCUT2D eigenvalue weighted by molar-refractivity contribution is -0.386. The predicted molar refractivity (Wildman–Crippen MR) is 91.5 cm³/mol. The lowest BCUT2D eigenvalue weighted by Gasteiger charge is -2.08. The average Bonchev–Trinajstić information content (AvgIpc) is 2.75. The summed E-state index contributed by atoms with van der Waals surface area (Å²) in [6.07, 6.45) is 0.555. The summed E-state index contributed by atoms with van der Waals surface area (Å²) in [5, 5.41) is 18.8. The number of carbonyl (C=O) groups is 1. The van der Waals surface area contributed by atoms with E-state index in [2.05, 4.69) is 10.4 Å². The highest BCUT2D eigenvalue weighted by molar-refractivity contribution is 6.35. The number of nitrogens with one attached hydrogen (secondary N) is 1. The lowest BCUT2D eigenvalue weighted by Crippen LogP contribution is -2.30. The summed E-state index contributed by atoms with van der Waals surface area (Å²) in [7, 11) is 0. The Balaban J connectivity index is 1.92. The molecule has 1 heterocycles. The van der Waals surface area contributed by atoms with E-state index in [1.165, 1.54) is 4.68 Å². The Morgan fingerprint density at radius 1 is 1.38 bits per heavy atom. The molecule has 24 heavy (non-hydrogen) atoms. The van der Waals surface area contributed by atoms with Gasteiger partial charge in [-0.25, -0.2) is 0 Å². The zero-order valence-electron chi connectivity index (χ0n) is 13.2. The molecule has 2 aromatic rings. The standard InChI is InChI=1S/C15H16Cl2N4O3/c1-9-15(21(23)24)10(2)20(19-9)8-14(22)18-6-5-11-3-4-12(16)7-13(11)17/h3-4,7H,5-6,8H2,1-2H3,(H,18,22). The maximum Gasteiger partial charge on any atom is 0.312 e. The molecule has 0 aliphatic carbocycles. The molecule has 0 saturated carbocycles. The van der Waals surface area contributed by atoms with Gasteiger partial charge in [-0.05, 0) is 38.0 Å². The van der Waals surface area contributed by atoms with Gasteiger partial charge in [0, 0.05) is 16.6 Å². The lowest BCUT2D eigenvalue weighted by atomic mass is 10.1. The van der Waals surface area contributed by atoms with Crippen molar-refractivity contribution in [2.75, 3.05) is 6.54 Å². The third kappa shape index (κ3) is 4.24. The minimum Gasteiger partial charge on any atom is -0.354 e. The van der Waals surface area contributed by atoms with Crippen molar-refractivity contribution < 1.29 is 9.72 Å². The molecule has 0 bridgehead atoms. The molecule has 0 aliphatic heterocycles. The van der Waals surface area contributed by atoms with Gasteiger partial charge in [0.05, 0.1) is 4.92 Å². The smallest absolute Gasteiger partial charge is 0.312 e. The van der Waals surface area contributed by atoms with E-state index in [4.69, 9.17) is 23.2 Å². The minimum atomic E-state index is -0.491. The molecule has 9 heteroatoms. The van der Waals surface area contributed by atoms with Crippen LogP contribution < -0.4 is 5.32 Å². The zero-order valence-corrected chi connectivity index (χ0v) is 14.7. The first kappa shape index (κ1) is 18.2. The zero-order chi connectivity index (χ0) is 17.9. The number of hydrogen-bond donors (Lipinski definition) is 1. The monoisotopic (exact) mass is 370 g/mol. The molecule has 1 aromatic heterocycles. The molecule has 1 aromatic carbocycles. The van der Waals surface area contributed by atoms with E-state index in [1.807, 2.05) is 0 Å². The summed E-state index contributed by atoms with van der Waals surface area (Å²) in [4.78, 5) is 22.5. The largest absolute Gasteiger partial charge is 0.354 e. The van der Waals surface area contributed by atoms with Crippen molar-refractivity contribution in [2.24, 2.45) is 0 Å². The summed E-state index contributed by atoms with van der Waals surface area (Å²) in [5.41, 5.74) is 1.46. The summed E-state index contributed by atoms with van der Waals surface area (Å²) in [6, 6.07) is 5.19. The van der Waals surface area contributed by atoms with Crippen LogP contribution in [0.1, 0.15) is 17.0 Å². The third-order valence-corrected chi connectivity index (χ3v) is 4.14. The molecule has 0 saturated heterocycles. The van der Waals surface area contributed by atoms with E-state index in [9.17, 15) is 14.9 Å². The molecule has 128 valence electrons. The first-order valence-electron chi connectivity index (χ1n) is 7.18. The Hall–Kier alpha value is -2.12. The van der Waals surface area contributed by atoms with E-state index < -0.39 is 4.92 Å². The summed E-state index contributed by atoms with van der Waals surface area (Å²) in [6.45, 7) is 3.43. The van der Waals surface area contributed by atoms with Gasteiger partial charge in [0.15, 0.2) is 0 Å². The van der Waals surface area contributed by atoms with Crippen LogP contribution in [0.2, 0.25) is 10.0 Å². The van der Waals surface area contributed by atoms with Crippen LogP contribution in [0, 0.1) is 24.0 Å². The maximum absolute atomic E-state index is 12.0. The second kappa shape index (κ2) is 7.63. The van der Waals surface area contributed by atoms with Crippen LogP contribution in [0.3, 0.4) is 0 Å². The minimum absolute atomic E-state index is 0.0595. The molecule has 0 spiro atoms. The molecule has 0 unspecified atom stereocenters. The van der Waals surface area contributed by atoms with Gasteiger partial charge in [0.25, 0.3) is 0 Å². The van der Waals surface area contributed by atoms with Crippen molar-refractivity contribution >= 4 is 34.8 Å². The Labute approximate surface area is 148 Å². The summed E-state index contributed by atoms with van der Waals surface area (Å²) >= 11 is 11.9. The van der Waals surface area contributed by atoms with Crippen LogP contribution >= 0.6 is 23.2 Å². The van der Waals surface area contributed by atoms with Crippen molar-refractivity contribution in [3.8, 4) is 0 Å². The van der Waals surface area contributed by atoms with E-state index in [1.54, 1.807) is 32.0 Å². The number of benzene rings is 1. The van der Waals surface area contributed by atoms with Crippen molar-refractivity contribution in [3.05, 3.63) is 55.3 Å². The molecule has 0 fully saturated rings. The fraction of sp³-hybridized carbons (Fsp3) is 0.333. The average molecular weight is 371 g/mol. The van der Waals surface area contributed by atoms with Gasteiger partial charge in [-0.2, -0.15) is 5.10 Å². The van der Waals surface area contributed by atoms with Crippen LogP contribution in [-0.4, -0.2) is 27.2 Å². The molecule has 0 aliphatic rings. The number of aromatic nitrogens is 2. The molecule has 0 atom stereocenters. The number of carbonyl (C=O) groups excluding carboxylic acids is 1. The van der Waals surface area contributed by atoms with Gasteiger partial charge in [-0.1, -0.05) is 29.3 Å². The molecule has 1 amide bonds. The topological polar surface area (TPSA) is 90.1 Å². The predicted octanol–water partition coefficient (Wildman–Crippen LogP) is 3.07. The molecule has 7 nitrogen and oxygen atoms in total. The van der Waals surface area contributed by atoms with Crippen LogP contribution in [0.5, 0.6) is 0 Å².